The van der Waals surface area contributed by atoms with Crippen molar-refractivity contribution in [3.8, 4) is 0 Å². The van der Waals surface area contributed by atoms with Crippen molar-refractivity contribution in [3.05, 3.63) is 12.2 Å². The van der Waals surface area contributed by atoms with Crippen LogP contribution >= 0.6 is 0 Å². The summed E-state index contributed by atoms with van der Waals surface area (Å²) in [5.74, 6) is 0. The van der Waals surface area contributed by atoms with Crippen molar-refractivity contribution in [3.63, 3.8) is 0 Å². The van der Waals surface area contributed by atoms with Crippen LogP contribution < -0.4 is 5.32 Å². The Bertz CT molecular complexity index is 168. The van der Waals surface area contributed by atoms with Crippen LogP contribution in [0, 0.1) is 5.41 Å². The van der Waals surface area contributed by atoms with Gasteiger partial charge in [0.05, 0.1) is 0 Å². The fourth-order valence-corrected chi connectivity index (χ4v) is 1.49. The van der Waals surface area contributed by atoms with Crippen LogP contribution in [0.4, 0.5) is 0 Å². The summed E-state index contributed by atoms with van der Waals surface area (Å²) in [7, 11) is 0. The Labute approximate surface area is 76.2 Å². The van der Waals surface area contributed by atoms with Gasteiger partial charge in [-0.25, -0.2) is 0 Å². The van der Waals surface area contributed by atoms with E-state index in [1.54, 1.807) is 0 Å². The molecule has 1 nitrogen and oxygen atoms in total. The van der Waals surface area contributed by atoms with E-state index in [1.165, 1.54) is 19.4 Å². The maximum Gasteiger partial charge on any atom is 0.0336 e. The van der Waals surface area contributed by atoms with Crippen LogP contribution in [0.3, 0.4) is 0 Å². The van der Waals surface area contributed by atoms with E-state index in [1.807, 2.05) is 0 Å². The largest absolute Gasteiger partial charge is 0.308 e. The molecule has 1 heteroatoms. The van der Waals surface area contributed by atoms with Crippen LogP contribution in [0.1, 0.15) is 40.5 Å². The lowest BCUT2D eigenvalue weighted by atomic mass is 9.91. The molecule has 0 radical (unpaired) electrons. The van der Waals surface area contributed by atoms with Gasteiger partial charge in [-0.3, -0.25) is 0 Å². The number of allylic oxidation sites excluding steroid dienone is 1. The van der Waals surface area contributed by atoms with Crippen LogP contribution in [0.25, 0.3) is 0 Å². The molecule has 1 heterocycles. The van der Waals surface area contributed by atoms with E-state index in [0.29, 0.717) is 5.41 Å². The highest BCUT2D eigenvalue weighted by molar-refractivity contribution is 5.09. The number of hydrogen-bond donors (Lipinski definition) is 1. The summed E-state index contributed by atoms with van der Waals surface area (Å²) in [6, 6.07) is 0. The molecule has 0 aromatic carbocycles. The second-order valence-corrected chi connectivity index (χ2v) is 5.15. The van der Waals surface area contributed by atoms with Crippen LogP contribution in [0.5, 0.6) is 0 Å². The molecular formula is C11H21N. The zero-order chi connectivity index (χ0) is 9.24. The van der Waals surface area contributed by atoms with Crippen LogP contribution in [-0.2, 0) is 0 Å². The molecule has 0 amide bonds. The van der Waals surface area contributed by atoms with Gasteiger partial charge in [-0.1, -0.05) is 32.9 Å². The minimum atomic E-state index is 0.271. The Hall–Kier alpha value is -0.300. The van der Waals surface area contributed by atoms with E-state index in [4.69, 9.17) is 0 Å². The summed E-state index contributed by atoms with van der Waals surface area (Å²) in [5.41, 5.74) is 0.584. The lowest BCUT2D eigenvalue weighted by Crippen LogP contribution is -2.33. The maximum absolute atomic E-state index is 3.52. The standard InChI is InChI=1S/C11H21N/c1-10(2,3)7-8-11(4)6-5-9-12-11/h7-8,12H,5-6,9H2,1-4H3/b8-7+. The molecule has 1 fully saturated rings. The lowest BCUT2D eigenvalue weighted by molar-refractivity contribution is 0.492. The third kappa shape index (κ3) is 2.98. The van der Waals surface area contributed by atoms with Gasteiger partial charge in [0.1, 0.15) is 0 Å². The summed E-state index contributed by atoms with van der Waals surface area (Å²) in [4.78, 5) is 0. The Kier molecular flexibility index (Phi) is 2.62. The molecule has 1 N–H and O–H groups in total. The molecular weight excluding hydrogens is 146 g/mol. The summed E-state index contributed by atoms with van der Waals surface area (Å²) >= 11 is 0. The van der Waals surface area contributed by atoms with Gasteiger partial charge in [-0.15, -0.1) is 0 Å². The number of nitrogens with one attached hydrogen (secondary N) is 1. The van der Waals surface area contributed by atoms with E-state index in [0.717, 1.165) is 0 Å². The molecule has 1 rings (SSSR count). The molecule has 0 bridgehead atoms. The molecule has 1 aliphatic heterocycles. The first-order valence-electron chi connectivity index (χ1n) is 4.87. The van der Waals surface area contributed by atoms with Crippen molar-refractivity contribution in [1.82, 2.24) is 5.32 Å². The Morgan fingerprint density at radius 2 is 2.00 bits per heavy atom. The average molecular weight is 167 g/mol. The van der Waals surface area contributed by atoms with Crippen molar-refractivity contribution in [2.45, 2.75) is 46.1 Å². The second kappa shape index (κ2) is 3.21. The monoisotopic (exact) mass is 167 g/mol. The molecule has 1 atom stereocenters. The first-order valence-corrected chi connectivity index (χ1v) is 4.87. The maximum atomic E-state index is 3.52. The van der Waals surface area contributed by atoms with Crippen molar-refractivity contribution < 1.29 is 0 Å². The predicted molar refractivity (Wildman–Crippen MR) is 54.2 cm³/mol. The molecule has 70 valence electrons. The van der Waals surface area contributed by atoms with Crippen molar-refractivity contribution in [2.75, 3.05) is 6.54 Å². The Balaban J connectivity index is 2.54. The molecule has 0 saturated carbocycles. The molecule has 0 aliphatic carbocycles. The minimum Gasteiger partial charge on any atom is -0.308 e. The van der Waals surface area contributed by atoms with Crippen LogP contribution in [0.2, 0.25) is 0 Å². The quantitative estimate of drug-likeness (QED) is 0.592. The Morgan fingerprint density at radius 3 is 2.42 bits per heavy atom. The van der Waals surface area contributed by atoms with Gasteiger partial charge in [-0.2, -0.15) is 0 Å². The minimum absolute atomic E-state index is 0.271. The van der Waals surface area contributed by atoms with Gasteiger partial charge in [0.15, 0.2) is 0 Å². The second-order valence-electron chi connectivity index (χ2n) is 5.15. The molecule has 1 saturated heterocycles. The van der Waals surface area contributed by atoms with Crippen molar-refractivity contribution >= 4 is 0 Å². The third-order valence-corrected chi connectivity index (χ3v) is 2.35. The van der Waals surface area contributed by atoms with Crippen LogP contribution in [-0.4, -0.2) is 12.1 Å². The van der Waals surface area contributed by atoms with E-state index >= 15 is 0 Å². The van der Waals surface area contributed by atoms with Gasteiger partial charge in [0.25, 0.3) is 0 Å². The number of hydrogen-bond acceptors (Lipinski definition) is 1. The summed E-state index contributed by atoms with van der Waals surface area (Å²) < 4.78 is 0. The predicted octanol–water partition coefficient (Wildman–Crippen LogP) is 2.73. The van der Waals surface area contributed by atoms with Gasteiger partial charge >= 0.3 is 0 Å². The average Bonchev–Trinajstić information content (AvgIpc) is 2.32. The number of rotatable bonds is 1. The smallest absolute Gasteiger partial charge is 0.0336 e. The highest BCUT2D eigenvalue weighted by Crippen LogP contribution is 2.23. The third-order valence-electron chi connectivity index (χ3n) is 2.35. The summed E-state index contributed by atoms with van der Waals surface area (Å²) in [5, 5.41) is 3.52. The zero-order valence-corrected chi connectivity index (χ0v) is 8.78. The molecule has 1 unspecified atom stereocenters. The van der Waals surface area contributed by atoms with Gasteiger partial charge in [0, 0.05) is 5.54 Å². The van der Waals surface area contributed by atoms with Crippen LogP contribution in [0.15, 0.2) is 12.2 Å². The fourth-order valence-electron chi connectivity index (χ4n) is 1.49. The zero-order valence-electron chi connectivity index (χ0n) is 8.78. The first-order chi connectivity index (χ1) is 5.41. The molecule has 0 aromatic heterocycles. The van der Waals surface area contributed by atoms with Gasteiger partial charge < -0.3 is 5.32 Å². The van der Waals surface area contributed by atoms with Crippen molar-refractivity contribution in [2.24, 2.45) is 5.41 Å². The molecule has 0 spiro atoms. The van der Waals surface area contributed by atoms with E-state index in [-0.39, 0.29) is 5.54 Å². The topological polar surface area (TPSA) is 12.0 Å². The van der Waals surface area contributed by atoms with E-state index < -0.39 is 0 Å². The lowest BCUT2D eigenvalue weighted by Gasteiger charge is -2.22. The normalized spacial score (nSPS) is 31.7. The van der Waals surface area contributed by atoms with Gasteiger partial charge in [0.2, 0.25) is 0 Å². The van der Waals surface area contributed by atoms with E-state index in [9.17, 15) is 0 Å². The van der Waals surface area contributed by atoms with E-state index in [2.05, 4.69) is 45.2 Å². The molecule has 1 aliphatic rings. The highest BCUT2D eigenvalue weighted by Gasteiger charge is 2.25. The summed E-state index contributed by atoms with van der Waals surface area (Å²) in [6.07, 6.45) is 7.23. The molecule has 12 heavy (non-hydrogen) atoms. The Morgan fingerprint density at radius 1 is 1.33 bits per heavy atom. The summed E-state index contributed by atoms with van der Waals surface area (Å²) in [6.45, 7) is 10.2. The molecule has 0 aromatic rings. The highest BCUT2D eigenvalue weighted by atomic mass is 15.0. The SMILES string of the molecule is CC(C)(C)/C=C/C1(C)CCCN1. The van der Waals surface area contributed by atoms with Gasteiger partial charge in [-0.05, 0) is 31.7 Å². The van der Waals surface area contributed by atoms with Crippen molar-refractivity contribution in [1.29, 1.82) is 0 Å². The fraction of sp³-hybridized carbons (Fsp3) is 0.818. The first kappa shape index (κ1) is 9.79.